The third kappa shape index (κ3) is 46.9. The summed E-state index contributed by atoms with van der Waals surface area (Å²) >= 11 is 0. The molecule has 0 aromatic carbocycles. The lowest BCUT2D eigenvalue weighted by atomic mass is 10.0. The molecule has 0 aromatic heterocycles. The van der Waals surface area contributed by atoms with Gasteiger partial charge in [0.1, 0.15) is 0 Å². The molecule has 292 valence electrons. The van der Waals surface area contributed by atoms with Crippen LogP contribution in [-0.2, 0) is 47.4 Å². The van der Waals surface area contributed by atoms with Crippen molar-refractivity contribution in [2.75, 3.05) is 139 Å². The third-order valence-corrected chi connectivity index (χ3v) is 7.39. The monoisotopic (exact) mass is 708 g/mol. The molecule has 0 heterocycles. The van der Waals surface area contributed by atoms with Gasteiger partial charge in [0.15, 0.2) is 0 Å². The summed E-state index contributed by atoms with van der Waals surface area (Å²) < 4.78 is 54.7. The van der Waals surface area contributed by atoms with Crippen LogP contribution in [0, 0.1) is 0 Å². The van der Waals surface area contributed by atoms with Gasteiger partial charge in [0, 0.05) is 18.1 Å². The molecule has 0 radical (unpaired) electrons. The molecule has 13 nitrogen and oxygen atoms in total. The van der Waals surface area contributed by atoms with Gasteiger partial charge in [-0.25, -0.2) is 0 Å². The number of ether oxygens (including phenoxy) is 10. The number of rotatable bonds is 45. The molecule has 0 atom stereocenters. The van der Waals surface area contributed by atoms with Gasteiger partial charge in [-0.15, -0.1) is 0 Å². The first-order chi connectivity index (χ1) is 24.4. The van der Waals surface area contributed by atoms with Crippen LogP contribution >= 0.6 is 0 Å². The molecule has 0 saturated carbocycles. The highest BCUT2D eigenvalue weighted by atomic mass is 16.6. The first-order valence-corrected chi connectivity index (χ1v) is 19.2. The predicted molar refractivity (Wildman–Crippen MR) is 193 cm³/mol. The van der Waals surface area contributed by atoms with Crippen LogP contribution in [-0.4, -0.2) is 139 Å². The molecule has 0 aliphatic carbocycles. The number of hydrogen-bond donors (Lipinski definition) is 0. The molecule has 0 saturated heterocycles. The first kappa shape index (κ1) is 47.9. The van der Waals surface area contributed by atoms with Crippen molar-refractivity contribution in [3.05, 3.63) is 10.4 Å². The number of azide groups is 1. The van der Waals surface area contributed by atoms with E-state index in [1.807, 2.05) is 0 Å². The van der Waals surface area contributed by atoms with Crippen molar-refractivity contribution in [3.8, 4) is 0 Å². The fraction of sp³-hybridized carbons (Fsp3) is 1.00. The Morgan fingerprint density at radius 1 is 0.306 bits per heavy atom. The third-order valence-electron chi connectivity index (χ3n) is 7.39. The molecule has 49 heavy (non-hydrogen) atoms. The lowest BCUT2D eigenvalue weighted by Crippen LogP contribution is -2.15. The lowest BCUT2D eigenvalue weighted by Gasteiger charge is -2.09. The zero-order chi connectivity index (χ0) is 35.2. The van der Waals surface area contributed by atoms with E-state index in [0.29, 0.717) is 132 Å². The van der Waals surface area contributed by atoms with Crippen LogP contribution < -0.4 is 0 Å². The Morgan fingerprint density at radius 3 is 0.796 bits per heavy atom. The Morgan fingerprint density at radius 2 is 0.531 bits per heavy atom. The molecule has 0 unspecified atom stereocenters. The van der Waals surface area contributed by atoms with E-state index in [1.165, 1.54) is 83.5 Å². The molecular formula is C36H73N3O10. The Labute approximate surface area is 298 Å². The van der Waals surface area contributed by atoms with Gasteiger partial charge in [-0.05, 0) is 12.0 Å². The topological polar surface area (TPSA) is 141 Å². The van der Waals surface area contributed by atoms with Crippen LogP contribution in [0.5, 0.6) is 0 Å². The molecule has 0 amide bonds. The van der Waals surface area contributed by atoms with Crippen LogP contribution in [0.25, 0.3) is 10.4 Å². The van der Waals surface area contributed by atoms with Crippen molar-refractivity contribution in [3.63, 3.8) is 0 Å². The van der Waals surface area contributed by atoms with Gasteiger partial charge in [-0.2, -0.15) is 0 Å². The maximum absolute atomic E-state index is 8.15. The Balaban J connectivity index is 3.05. The Hall–Kier alpha value is -1.09. The van der Waals surface area contributed by atoms with Crippen molar-refractivity contribution >= 4 is 0 Å². The van der Waals surface area contributed by atoms with E-state index in [9.17, 15) is 0 Å². The molecule has 0 spiro atoms. The highest BCUT2D eigenvalue weighted by Crippen LogP contribution is 2.13. The quantitative estimate of drug-likeness (QED) is 0.0283. The summed E-state index contributed by atoms with van der Waals surface area (Å²) in [6.07, 6.45) is 19.2. The van der Waals surface area contributed by atoms with Gasteiger partial charge in [0.2, 0.25) is 0 Å². The molecule has 0 aromatic rings. The summed E-state index contributed by atoms with van der Waals surface area (Å²) in [6.45, 7) is 13.3. The van der Waals surface area contributed by atoms with Gasteiger partial charge in [0.05, 0.1) is 126 Å². The Bertz CT molecular complexity index is 648. The van der Waals surface area contributed by atoms with E-state index in [-0.39, 0.29) is 0 Å². The second kappa shape index (κ2) is 46.9. The minimum atomic E-state index is 0.332. The fourth-order valence-corrected chi connectivity index (χ4v) is 4.63. The Kier molecular flexibility index (Phi) is 45.9. The second-order valence-corrected chi connectivity index (χ2v) is 11.7. The smallest absolute Gasteiger partial charge is 0.0701 e. The zero-order valence-electron chi connectivity index (χ0n) is 31.2. The minimum absolute atomic E-state index is 0.332. The van der Waals surface area contributed by atoms with Gasteiger partial charge in [-0.3, -0.25) is 0 Å². The summed E-state index contributed by atoms with van der Waals surface area (Å²) in [5.74, 6) is 0. The molecule has 0 fully saturated rings. The van der Waals surface area contributed by atoms with E-state index in [2.05, 4.69) is 16.9 Å². The summed E-state index contributed by atoms with van der Waals surface area (Å²) in [6, 6.07) is 0. The molecule has 0 aliphatic rings. The van der Waals surface area contributed by atoms with Crippen LogP contribution in [0.1, 0.15) is 96.8 Å². The standard InChI is InChI=1S/C36H73N3O10/c1-2-3-4-5-6-7-8-9-10-11-12-13-14-15-17-40-19-21-42-23-25-44-27-29-46-31-33-48-35-36-49-34-32-47-30-28-45-26-24-43-22-20-41-18-16-38-39-37/h2-36H2,1H3. The van der Waals surface area contributed by atoms with E-state index in [1.54, 1.807) is 0 Å². The average Bonchev–Trinajstić information content (AvgIpc) is 3.11. The van der Waals surface area contributed by atoms with Crippen LogP contribution in [0.15, 0.2) is 5.11 Å². The first-order valence-electron chi connectivity index (χ1n) is 19.2. The van der Waals surface area contributed by atoms with Gasteiger partial charge in [-0.1, -0.05) is 95.5 Å². The van der Waals surface area contributed by atoms with E-state index < -0.39 is 0 Å². The SMILES string of the molecule is CCCCCCCCCCCCCCCCOCCOCCOCCOCCOCCOCCOCCOCCOCCOCCN=[N+]=[N-]. The molecule has 0 aliphatic heterocycles. The predicted octanol–water partition coefficient (Wildman–Crippen LogP) is 6.94. The largest absolute Gasteiger partial charge is 0.379 e. The van der Waals surface area contributed by atoms with Crippen molar-refractivity contribution in [1.82, 2.24) is 0 Å². The maximum atomic E-state index is 8.15. The van der Waals surface area contributed by atoms with Crippen molar-refractivity contribution < 1.29 is 47.4 Å². The molecular weight excluding hydrogens is 634 g/mol. The number of unbranched alkanes of at least 4 members (excludes halogenated alkanes) is 13. The second-order valence-electron chi connectivity index (χ2n) is 11.7. The van der Waals surface area contributed by atoms with Gasteiger partial charge < -0.3 is 47.4 Å². The molecule has 0 bridgehead atoms. The van der Waals surface area contributed by atoms with E-state index in [4.69, 9.17) is 52.9 Å². The maximum Gasteiger partial charge on any atom is 0.0701 e. The lowest BCUT2D eigenvalue weighted by molar-refractivity contribution is -0.0263. The summed E-state index contributed by atoms with van der Waals surface area (Å²) in [5.41, 5.74) is 8.15. The molecule has 0 rings (SSSR count). The van der Waals surface area contributed by atoms with Crippen LogP contribution in [0.3, 0.4) is 0 Å². The summed E-state index contributed by atoms with van der Waals surface area (Å²) in [4.78, 5) is 2.65. The van der Waals surface area contributed by atoms with Crippen molar-refractivity contribution in [2.24, 2.45) is 5.11 Å². The summed E-state index contributed by atoms with van der Waals surface area (Å²) in [7, 11) is 0. The fourth-order valence-electron chi connectivity index (χ4n) is 4.63. The van der Waals surface area contributed by atoms with Crippen molar-refractivity contribution in [1.29, 1.82) is 0 Å². The van der Waals surface area contributed by atoms with Crippen molar-refractivity contribution in [2.45, 2.75) is 96.8 Å². The van der Waals surface area contributed by atoms with Crippen LogP contribution in [0.2, 0.25) is 0 Å². The normalized spacial score (nSPS) is 11.4. The molecule has 13 heteroatoms. The van der Waals surface area contributed by atoms with E-state index in [0.717, 1.165) is 13.0 Å². The summed E-state index contributed by atoms with van der Waals surface area (Å²) in [5, 5.41) is 3.38. The highest BCUT2D eigenvalue weighted by molar-refractivity contribution is 4.50. The average molecular weight is 708 g/mol. The van der Waals surface area contributed by atoms with Gasteiger partial charge in [0.25, 0.3) is 0 Å². The number of nitrogens with zero attached hydrogens (tertiary/aromatic N) is 3. The minimum Gasteiger partial charge on any atom is -0.379 e. The molecule has 0 N–H and O–H groups in total. The zero-order valence-corrected chi connectivity index (χ0v) is 31.2. The highest BCUT2D eigenvalue weighted by Gasteiger charge is 1.97. The van der Waals surface area contributed by atoms with Gasteiger partial charge >= 0.3 is 0 Å². The van der Waals surface area contributed by atoms with Crippen LogP contribution in [0.4, 0.5) is 0 Å². The van der Waals surface area contributed by atoms with E-state index >= 15 is 0 Å². The number of hydrogen-bond acceptors (Lipinski definition) is 11.